The van der Waals surface area contributed by atoms with Gasteiger partial charge in [0.1, 0.15) is 72.9 Å². The number of hydrogen-bond donors (Lipinski definition) is 10. The first kappa shape index (κ1) is 46.2. The molecule has 10 N–H and O–H groups in total. The van der Waals surface area contributed by atoms with E-state index in [4.69, 9.17) is 33.2 Å². The monoisotopic (exact) mass is 883 g/mol. The van der Waals surface area contributed by atoms with Crippen LogP contribution >= 0.6 is 0 Å². The number of piperidine rings is 1. The molecule has 8 fully saturated rings. The van der Waals surface area contributed by atoms with E-state index < -0.39 is 111 Å². The van der Waals surface area contributed by atoms with Crippen LogP contribution in [0.3, 0.4) is 0 Å². The van der Waals surface area contributed by atoms with E-state index >= 15 is 0 Å². The summed E-state index contributed by atoms with van der Waals surface area (Å²) in [7, 11) is 0. The highest BCUT2D eigenvalue weighted by Crippen LogP contribution is 2.70. The van der Waals surface area contributed by atoms with Crippen LogP contribution in [0.25, 0.3) is 0 Å². The molecule has 354 valence electrons. The average Bonchev–Trinajstić information content (AvgIpc) is 3.70. The van der Waals surface area contributed by atoms with Crippen LogP contribution in [0.15, 0.2) is 11.6 Å². The molecule has 0 bridgehead atoms. The molecule has 62 heavy (non-hydrogen) atoms. The van der Waals surface area contributed by atoms with Gasteiger partial charge in [0.25, 0.3) is 0 Å². The van der Waals surface area contributed by atoms with Gasteiger partial charge in [0.05, 0.1) is 31.5 Å². The highest BCUT2D eigenvalue weighted by molar-refractivity contribution is 5.26. The third-order valence-electron chi connectivity index (χ3n) is 17.9. The van der Waals surface area contributed by atoms with Gasteiger partial charge in [-0.2, -0.15) is 0 Å². The maximum Gasteiger partial charge on any atom is 0.187 e. The van der Waals surface area contributed by atoms with E-state index in [9.17, 15) is 46.0 Å². The molecule has 9 aliphatic rings. The maximum absolute atomic E-state index is 11.6. The molecule has 3 saturated carbocycles. The zero-order valence-electron chi connectivity index (χ0n) is 36.7. The topological polar surface area (TPSA) is 259 Å². The van der Waals surface area contributed by atoms with E-state index in [0.717, 1.165) is 38.6 Å². The van der Waals surface area contributed by atoms with Gasteiger partial charge in [-0.1, -0.05) is 39.3 Å². The summed E-state index contributed by atoms with van der Waals surface area (Å²) in [5.41, 5.74) is 1.32. The van der Waals surface area contributed by atoms with Crippen molar-refractivity contribution in [1.29, 1.82) is 0 Å². The zero-order valence-corrected chi connectivity index (χ0v) is 36.7. The summed E-state index contributed by atoms with van der Waals surface area (Å²) < 4.78 is 43.9. The minimum Gasteiger partial charge on any atom is -0.394 e. The Labute approximate surface area is 364 Å². The van der Waals surface area contributed by atoms with Gasteiger partial charge >= 0.3 is 0 Å². The molecular weight excluding hydrogens is 810 g/mol. The molecule has 23 unspecified atom stereocenters. The highest BCUT2D eigenvalue weighted by Gasteiger charge is 2.68. The fourth-order valence-corrected chi connectivity index (χ4v) is 14.2. The van der Waals surface area contributed by atoms with Crippen LogP contribution < -0.4 is 5.32 Å². The Morgan fingerprint density at radius 3 is 2.05 bits per heavy atom. The summed E-state index contributed by atoms with van der Waals surface area (Å²) in [6, 6.07) is 0. The van der Waals surface area contributed by atoms with Crippen molar-refractivity contribution in [3.05, 3.63) is 11.6 Å². The zero-order chi connectivity index (χ0) is 44.2. The summed E-state index contributed by atoms with van der Waals surface area (Å²) in [6.45, 7) is 10.8. The van der Waals surface area contributed by atoms with Crippen molar-refractivity contribution in [1.82, 2.24) is 5.32 Å². The molecule has 0 aromatic rings. The Bertz CT molecular complexity index is 1610. The first-order valence-corrected chi connectivity index (χ1v) is 23.5. The molecule has 17 heteroatoms. The molecule has 0 aromatic carbocycles. The van der Waals surface area contributed by atoms with Crippen molar-refractivity contribution in [2.45, 2.75) is 202 Å². The van der Waals surface area contributed by atoms with Crippen molar-refractivity contribution in [2.75, 3.05) is 19.8 Å². The second-order valence-electron chi connectivity index (χ2n) is 21.2. The second-order valence-corrected chi connectivity index (χ2v) is 21.2. The number of fused-ring (bicyclic) bond motifs is 7. The lowest BCUT2D eigenvalue weighted by molar-refractivity contribution is -0.394. The quantitative estimate of drug-likeness (QED) is 0.142. The summed E-state index contributed by atoms with van der Waals surface area (Å²) in [5, 5.41) is 99.7. The Morgan fingerprint density at radius 1 is 0.694 bits per heavy atom. The van der Waals surface area contributed by atoms with Crippen molar-refractivity contribution < 1.29 is 79.1 Å². The summed E-state index contributed by atoms with van der Waals surface area (Å²) in [4.78, 5) is 0. The lowest BCUT2D eigenvalue weighted by atomic mass is 9.47. The van der Waals surface area contributed by atoms with Crippen molar-refractivity contribution in [3.8, 4) is 0 Å². The van der Waals surface area contributed by atoms with Crippen molar-refractivity contribution in [2.24, 2.45) is 46.3 Å². The normalized spacial score (nSPS) is 57.6. The minimum atomic E-state index is -1.84. The van der Waals surface area contributed by atoms with Crippen molar-refractivity contribution in [3.63, 3.8) is 0 Å². The molecule has 0 aromatic heterocycles. The molecule has 9 rings (SSSR count). The molecule has 0 amide bonds. The SMILES string of the molecule is CC1OC(OC2C(OC3CCC4(C)C(=CCC5C4CCC4(C)C5CC5O[C@]6(CC[C@@H](C)CN6)[C@@H](C)C54)C3)OC(CO)C(O)C2OC2OC(CO)C(O)C(O)C2O)C(O)C(O)C1O. The molecule has 4 aliphatic carbocycles. The number of aliphatic hydroxyl groups is 9. The van der Waals surface area contributed by atoms with Crippen LogP contribution in [-0.4, -0.2) is 176 Å². The van der Waals surface area contributed by atoms with Gasteiger partial charge in [0, 0.05) is 12.5 Å². The molecule has 5 aliphatic heterocycles. The van der Waals surface area contributed by atoms with Crippen LogP contribution in [0.1, 0.15) is 92.4 Å². The van der Waals surface area contributed by atoms with Crippen LogP contribution in [0.4, 0.5) is 0 Å². The first-order chi connectivity index (χ1) is 29.4. The third kappa shape index (κ3) is 7.49. The average molecular weight is 884 g/mol. The molecule has 17 nitrogen and oxygen atoms in total. The molecule has 5 heterocycles. The molecule has 5 saturated heterocycles. The molecule has 1 spiro atoms. The number of aliphatic hydroxyl groups excluding tert-OH is 9. The van der Waals surface area contributed by atoms with Crippen molar-refractivity contribution >= 4 is 0 Å². The van der Waals surface area contributed by atoms with Crippen LogP contribution in [0, 0.1) is 46.3 Å². The second kappa shape index (κ2) is 17.3. The summed E-state index contributed by atoms with van der Waals surface area (Å²) in [6.07, 6.45) is -11.9. The standard InChI is InChI=1S/C45H73NO16/c1-19-8-13-45(46-16-19)20(2)30-27(62-45)15-26-24-7-6-22-14-23(9-11-43(22,4)25(24)10-12-44(26,30)5)57-42-39(61-40-36(54)34(52)31(49)21(3)56-40)38(33(51)29(18-48)59-42)60-41-37(55)35(53)32(50)28(17-47)58-41/h6,19-21,23-42,46-55H,7-18H2,1-5H3/t19-,20+,21?,23?,24?,25?,26?,27?,28?,29?,30?,31?,32?,33?,34?,35?,36?,37?,38?,39?,40?,41?,42?,43?,44?,45-/m1/s1. The fourth-order valence-electron chi connectivity index (χ4n) is 14.2. The molecule has 0 radical (unpaired) electrons. The number of allylic oxidation sites excluding steroid dienone is 1. The van der Waals surface area contributed by atoms with Gasteiger partial charge < -0.3 is 79.1 Å². The Morgan fingerprint density at radius 2 is 1.35 bits per heavy atom. The van der Waals surface area contributed by atoms with Gasteiger partial charge in [0.15, 0.2) is 18.9 Å². The van der Waals surface area contributed by atoms with Gasteiger partial charge in [-0.15, -0.1) is 0 Å². The Kier molecular flexibility index (Phi) is 12.9. The van der Waals surface area contributed by atoms with E-state index in [1.807, 2.05) is 0 Å². The number of rotatable bonds is 8. The molecular formula is C45H73NO16. The number of ether oxygens (including phenoxy) is 7. The van der Waals surface area contributed by atoms with E-state index in [2.05, 4.69) is 39.1 Å². The third-order valence-corrected chi connectivity index (χ3v) is 17.9. The van der Waals surface area contributed by atoms with Crippen LogP contribution in [0.5, 0.6) is 0 Å². The van der Waals surface area contributed by atoms with E-state index in [0.29, 0.717) is 48.3 Å². The van der Waals surface area contributed by atoms with Gasteiger partial charge in [-0.05, 0) is 105 Å². The summed E-state index contributed by atoms with van der Waals surface area (Å²) in [5.74, 6) is 3.32. The summed E-state index contributed by atoms with van der Waals surface area (Å²) >= 11 is 0. The van der Waals surface area contributed by atoms with Crippen LogP contribution in [0.2, 0.25) is 0 Å². The van der Waals surface area contributed by atoms with Gasteiger partial charge in [-0.25, -0.2) is 0 Å². The van der Waals surface area contributed by atoms with Gasteiger partial charge in [0.2, 0.25) is 0 Å². The van der Waals surface area contributed by atoms with Gasteiger partial charge in [-0.3, -0.25) is 5.32 Å². The Hall–Kier alpha value is -0.940. The lowest BCUT2D eigenvalue weighted by Crippen LogP contribution is -2.67. The Balaban J connectivity index is 0.940. The minimum absolute atomic E-state index is 0.0361. The van der Waals surface area contributed by atoms with E-state index in [1.165, 1.54) is 25.3 Å². The fraction of sp³-hybridized carbons (Fsp3) is 0.956. The molecule has 26 atom stereocenters. The largest absolute Gasteiger partial charge is 0.394 e. The predicted octanol–water partition coefficient (Wildman–Crippen LogP) is -0.213. The first-order valence-electron chi connectivity index (χ1n) is 23.5. The lowest BCUT2D eigenvalue weighted by Gasteiger charge is -2.59. The number of nitrogens with one attached hydrogen (secondary N) is 1. The van der Waals surface area contributed by atoms with E-state index in [1.54, 1.807) is 0 Å². The predicted molar refractivity (Wildman–Crippen MR) is 216 cm³/mol. The maximum atomic E-state index is 11.6. The van der Waals surface area contributed by atoms with Crippen LogP contribution in [-0.2, 0) is 33.2 Å². The number of hydrogen-bond acceptors (Lipinski definition) is 17. The van der Waals surface area contributed by atoms with E-state index in [-0.39, 0.29) is 22.7 Å². The smallest absolute Gasteiger partial charge is 0.187 e. The highest BCUT2D eigenvalue weighted by atomic mass is 16.8.